The third-order valence-electron chi connectivity index (χ3n) is 1.04. The summed E-state index contributed by atoms with van der Waals surface area (Å²) < 4.78 is 9.12. The van der Waals surface area contributed by atoms with Gasteiger partial charge in [-0.15, -0.1) is 5.53 Å². The molecule has 0 radical (unpaired) electrons. The zero-order valence-electron chi connectivity index (χ0n) is 6.03. The molecule has 2 N–H and O–H groups in total. The summed E-state index contributed by atoms with van der Waals surface area (Å²) in [6, 6.07) is 0. The minimum absolute atomic E-state index is 0.365. The first kappa shape index (κ1) is 7.67. The highest BCUT2D eigenvalue weighted by molar-refractivity contribution is 5.66. The summed E-state index contributed by atoms with van der Waals surface area (Å²) in [7, 11) is 1.29. The maximum absolute atomic E-state index is 10.5. The molecule has 0 aromatic carbocycles. The molecule has 0 aromatic heterocycles. The van der Waals surface area contributed by atoms with Gasteiger partial charge >= 0.3 is 6.09 Å². The average molecular weight is 159 g/mol. The Kier molecular flexibility index (Phi) is 2.56. The van der Waals surface area contributed by atoms with E-state index in [0.717, 1.165) is 0 Å². The molecular formula is C5H9N3O3. The van der Waals surface area contributed by atoms with Gasteiger partial charge in [0.05, 0.1) is 13.3 Å². The van der Waals surface area contributed by atoms with Gasteiger partial charge in [-0.05, 0) is 0 Å². The molecule has 0 unspecified atom stereocenters. The highest BCUT2D eigenvalue weighted by Crippen LogP contribution is 1.93. The fraction of sp³-hybridized carbons (Fsp3) is 0.400. The molecular weight excluding hydrogens is 150 g/mol. The predicted molar refractivity (Wildman–Crippen MR) is 35.6 cm³/mol. The zero-order valence-corrected chi connectivity index (χ0v) is 6.03. The molecule has 0 saturated carbocycles. The molecule has 62 valence electrons. The Bertz CT molecular complexity index is 170. The van der Waals surface area contributed by atoms with Crippen molar-refractivity contribution in [3.05, 3.63) is 12.5 Å². The van der Waals surface area contributed by atoms with E-state index >= 15 is 0 Å². The van der Waals surface area contributed by atoms with E-state index in [1.54, 1.807) is 6.20 Å². The molecule has 1 aliphatic rings. The van der Waals surface area contributed by atoms with Crippen LogP contribution in [0.3, 0.4) is 0 Å². The van der Waals surface area contributed by atoms with E-state index in [4.69, 9.17) is 4.74 Å². The second-order valence-electron chi connectivity index (χ2n) is 1.78. The summed E-state index contributed by atoms with van der Waals surface area (Å²) >= 11 is 0. The summed E-state index contributed by atoms with van der Waals surface area (Å²) in [6.45, 7) is 0.365. The van der Waals surface area contributed by atoms with E-state index in [1.165, 1.54) is 18.4 Å². The van der Waals surface area contributed by atoms with Gasteiger partial charge in [0, 0.05) is 0 Å². The van der Waals surface area contributed by atoms with Crippen LogP contribution in [0.15, 0.2) is 12.5 Å². The molecule has 6 heteroatoms. The van der Waals surface area contributed by atoms with Crippen molar-refractivity contribution in [2.45, 2.75) is 0 Å². The number of nitrogens with one attached hydrogen (secondary N) is 2. The van der Waals surface area contributed by atoms with Crippen molar-refractivity contribution in [3.8, 4) is 0 Å². The van der Waals surface area contributed by atoms with Gasteiger partial charge < -0.3 is 9.47 Å². The first-order valence-electron chi connectivity index (χ1n) is 2.97. The van der Waals surface area contributed by atoms with Gasteiger partial charge in [0.25, 0.3) is 0 Å². The van der Waals surface area contributed by atoms with Crippen molar-refractivity contribution >= 4 is 6.09 Å². The lowest BCUT2D eigenvalue weighted by Crippen LogP contribution is -2.46. The maximum atomic E-state index is 10.5. The number of nitrogens with zero attached hydrogens (tertiary/aromatic N) is 1. The van der Waals surface area contributed by atoms with Gasteiger partial charge in [-0.3, -0.25) is 5.01 Å². The van der Waals surface area contributed by atoms with E-state index in [9.17, 15) is 4.79 Å². The van der Waals surface area contributed by atoms with Crippen LogP contribution >= 0.6 is 0 Å². The van der Waals surface area contributed by atoms with Gasteiger partial charge in [-0.25, -0.2) is 10.2 Å². The predicted octanol–water partition coefficient (Wildman–Crippen LogP) is -0.477. The van der Waals surface area contributed by atoms with Crippen molar-refractivity contribution in [2.24, 2.45) is 0 Å². The lowest BCUT2D eigenvalue weighted by Gasteiger charge is -2.14. The van der Waals surface area contributed by atoms with Gasteiger partial charge in [-0.2, -0.15) is 0 Å². The van der Waals surface area contributed by atoms with Gasteiger partial charge in [0.2, 0.25) is 0 Å². The smallest absolute Gasteiger partial charge is 0.422 e. The standard InChI is InChI=1S/C5H9N3O3/c1-10-5(9)6-7-8-2-3-11-4-8/h2-3,7H,4H2,1H3,(H,6,9). The van der Waals surface area contributed by atoms with E-state index in [-0.39, 0.29) is 0 Å². The number of carbonyl (C=O) groups excluding carboxylic acids is 1. The molecule has 0 aliphatic carbocycles. The van der Waals surface area contributed by atoms with E-state index in [1.807, 2.05) is 0 Å². The molecule has 1 rings (SSSR count). The van der Waals surface area contributed by atoms with Crippen LogP contribution in [0.1, 0.15) is 0 Å². The Labute approximate surface area is 63.7 Å². The van der Waals surface area contributed by atoms with Gasteiger partial charge in [0.1, 0.15) is 6.26 Å². The highest BCUT2D eigenvalue weighted by Gasteiger charge is 2.04. The van der Waals surface area contributed by atoms with Crippen LogP contribution in [0.25, 0.3) is 0 Å². The molecule has 0 spiro atoms. The summed E-state index contributed by atoms with van der Waals surface area (Å²) in [5.41, 5.74) is 4.79. The molecule has 1 heterocycles. The quantitative estimate of drug-likeness (QED) is 0.533. The summed E-state index contributed by atoms with van der Waals surface area (Å²) in [6.07, 6.45) is 2.59. The minimum Gasteiger partial charge on any atom is -0.478 e. The SMILES string of the molecule is COC(=O)NNN1C=COC1. The number of hydrogen-bond acceptors (Lipinski definition) is 5. The molecule has 0 aromatic rings. The van der Waals surface area contributed by atoms with Crippen LogP contribution in [0, 0.1) is 0 Å². The fourth-order valence-corrected chi connectivity index (χ4v) is 0.521. The minimum atomic E-state index is -0.551. The van der Waals surface area contributed by atoms with Crippen LogP contribution in [0.2, 0.25) is 0 Å². The molecule has 0 bridgehead atoms. The van der Waals surface area contributed by atoms with E-state index < -0.39 is 6.09 Å². The summed E-state index contributed by atoms with van der Waals surface area (Å²) in [5.74, 6) is 0. The van der Waals surface area contributed by atoms with Crippen molar-refractivity contribution in [1.82, 2.24) is 16.0 Å². The molecule has 0 saturated heterocycles. The molecule has 11 heavy (non-hydrogen) atoms. The molecule has 1 aliphatic heterocycles. The largest absolute Gasteiger partial charge is 0.478 e. The second kappa shape index (κ2) is 3.67. The molecule has 1 amide bonds. The summed E-state index contributed by atoms with van der Waals surface area (Å²) in [4.78, 5) is 10.5. The third kappa shape index (κ3) is 2.34. The number of ether oxygens (including phenoxy) is 2. The highest BCUT2D eigenvalue weighted by atomic mass is 16.5. The number of methoxy groups -OCH3 is 1. The monoisotopic (exact) mass is 159 g/mol. The summed E-state index contributed by atoms with van der Waals surface area (Å²) in [5, 5.41) is 1.54. The van der Waals surface area contributed by atoms with Crippen LogP contribution in [0.4, 0.5) is 4.79 Å². The number of hydrogen-bond donors (Lipinski definition) is 2. The Morgan fingerprint density at radius 2 is 2.64 bits per heavy atom. The molecule has 6 nitrogen and oxygen atoms in total. The van der Waals surface area contributed by atoms with E-state index in [2.05, 4.69) is 15.7 Å². The van der Waals surface area contributed by atoms with Gasteiger partial charge in [0.15, 0.2) is 6.73 Å². The molecule has 0 atom stereocenters. The maximum Gasteiger partial charge on any atom is 0.422 e. The van der Waals surface area contributed by atoms with Crippen molar-refractivity contribution in [1.29, 1.82) is 0 Å². The topological polar surface area (TPSA) is 62.8 Å². The number of amides is 1. The first-order chi connectivity index (χ1) is 5.33. The van der Waals surface area contributed by atoms with E-state index in [0.29, 0.717) is 6.73 Å². The Morgan fingerprint density at radius 3 is 3.18 bits per heavy atom. The Hall–Kier alpha value is -1.43. The first-order valence-corrected chi connectivity index (χ1v) is 2.97. The normalized spacial score (nSPS) is 14.5. The van der Waals surface area contributed by atoms with Crippen LogP contribution < -0.4 is 11.0 Å². The second-order valence-corrected chi connectivity index (χ2v) is 1.78. The van der Waals surface area contributed by atoms with Crippen molar-refractivity contribution in [3.63, 3.8) is 0 Å². The fourth-order valence-electron chi connectivity index (χ4n) is 0.521. The number of rotatable bonds is 2. The number of hydrazine groups is 2. The van der Waals surface area contributed by atoms with Crippen LogP contribution in [-0.4, -0.2) is 24.9 Å². The van der Waals surface area contributed by atoms with Gasteiger partial charge in [-0.1, -0.05) is 0 Å². The zero-order chi connectivity index (χ0) is 8.10. The Morgan fingerprint density at radius 1 is 1.82 bits per heavy atom. The third-order valence-corrected chi connectivity index (χ3v) is 1.04. The number of carbonyl (C=O) groups is 1. The average Bonchev–Trinajstić information content (AvgIpc) is 2.52. The van der Waals surface area contributed by atoms with Crippen LogP contribution in [0.5, 0.6) is 0 Å². The van der Waals surface area contributed by atoms with Crippen molar-refractivity contribution in [2.75, 3.05) is 13.8 Å². The molecule has 0 fully saturated rings. The van der Waals surface area contributed by atoms with Crippen LogP contribution in [-0.2, 0) is 9.47 Å². The Balaban J connectivity index is 2.11. The lowest BCUT2D eigenvalue weighted by molar-refractivity contribution is 0.101. The van der Waals surface area contributed by atoms with Crippen molar-refractivity contribution < 1.29 is 14.3 Å². The lowest BCUT2D eigenvalue weighted by atomic mass is 11.0.